The van der Waals surface area contributed by atoms with E-state index in [0.29, 0.717) is 20.5 Å². The molecule has 0 radical (unpaired) electrons. The molecule has 0 spiro atoms. The fourth-order valence-electron chi connectivity index (χ4n) is 2.36. The first kappa shape index (κ1) is 17.7. The molecule has 0 aromatic heterocycles. The van der Waals surface area contributed by atoms with Crippen LogP contribution in [0.5, 0.6) is 0 Å². The fraction of sp³-hybridized carbons (Fsp3) is 0.0588. The molecule has 8 heteroatoms. The quantitative estimate of drug-likeness (QED) is 0.248. The number of carbonyl (C=O) groups is 1. The second-order valence-corrected chi connectivity index (χ2v) is 7.59. The Labute approximate surface area is 158 Å². The van der Waals surface area contributed by atoms with Gasteiger partial charge in [-0.3, -0.25) is 19.8 Å². The molecule has 0 bridgehead atoms. The summed E-state index contributed by atoms with van der Waals surface area (Å²) in [6.45, 7) is 0. The third-order valence-corrected chi connectivity index (χ3v) is 5.55. The summed E-state index contributed by atoms with van der Waals surface area (Å²) < 4.78 is 0.410. The van der Waals surface area contributed by atoms with Crippen LogP contribution in [-0.4, -0.2) is 21.4 Å². The Hall–Kier alpha value is -2.16. The average Bonchev–Trinajstić information content (AvgIpc) is 2.89. The van der Waals surface area contributed by atoms with Gasteiger partial charge in [0.1, 0.15) is 0 Å². The lowest BCUT2D eigenvalue weighted by Crippen LogP contribution is -2.27. The molecule has 126 valence electrons. The van der Waals surface area contributed by atoms with Crippen LogP contribution in [0.4, 0.5) is 11.4 Å². The molecule has 1 heterocycles. The van der Waals surface area contributed by atoms with Gasteiger partial charge in [0.2, 0.25) is 0 Å². The molecule has 0 unspecified atom stereocenters. The number of benzene rings is 2. The molecule has 0 N–H and O–H groups in total. The Morgan fingerprint density at radius 2 is 2.00 bits per heavy atom. The number of nitrogens with zero attached hydrogens (tertiary/aromatic N) is 2. The van der Waals surface area contributed by atoms with Gasteiger partial charge in [-0.05, 0) is 36.6 Å². The maximum atomic E-state index is 12.8. The Morgan fingerprint density at radius 1 is 1.24 bits per heavy atom. The van der Waals surface area contributed by atoms with E-state index in [1.54, 1.807) is 30.0 Å². The normalized spacial score (nSPS) is 15.9. The van der Waals surface area contributed by atoms with Gasteiger partial charge >= 0.3 is 0 Å². The van der Waals surface area contributed by atoms with Gasteiger partial charge in [0, 0.05) is 11.0 Å². The van der Waals surface area contributed by atoms with E-state index >= 15 is 0 Å². The van der Waals surface area contributed by atoms with Crippen LogP contribution in [-0.2, 0) is 4.79 Å². The molecule has 5 nitrogen and oxygen atoms in total. The highest BCUT2D eigenvalue weighted by Gasteiger charge is 2.33. The highest BCUT2D eigenvalue weighted by Crippen LogP contribution is 2.37. The summed E-state index contributed by atoms with van der Waals surface area (Å²) in [5.74, 6) is -0.272. The number of thiocarbonyl (C=S) groups is 1. The van der Waals surface area contributed by atoms with Crippen molar-refractivity contribution in [2.75, 3.05) is 11.2 Å². The first-order valence-electron chi connectivity index (χ1n) is 7.16. The molecule has 2 aromatic rings. The lowest BCUT2D eigenvalue weighted by Gasteiger charge is -2.15. The number of thioether (sulfide) groups is 2. The van der Waals surface area contributed by atoms with Crippen molar-refractivity contribution >= 4 is 63.4 Å². The van der Waals surface area contributed by atoms with Gasteiger partial charge in [0.25, 0.3) is 11.6 Å². The van der Waals surface area contributed by atoms with Crippen molar-refractivity contribution in [2.24, 2.45) is 0 Å². The summed E-state index contributed by atoms with van der Waals surface area (Å²) >= 11 is 8.06. The van der Waals surface area contributed by atoms with Gasteiger partial charge in [0.05, 0.1) is 21.1 Å². The van der Waals surface area contributed by atoms with E-state index in [1.807, 2.05) is 30.5 Å². The second-order valence-electron chi connectivity index (χ2n) is 5.03. The summed E-state index contributed by atoms with van der Waals surface area (Å²) in [5, 5.41) is 11.1. The molecule has 25 heavy (non-hydrogen) atoms. The number of amides is 1. The van der Waals surface area contributed by atoms with E-state index < -0.39 is 4.92 Å². The number of para-hydroxylation sites is 1. The SMILES string of the molecule is CSc1cccc(N2C(=O)/C(=C\c3ccccc3[N+](=O)[O-])SC2=S)c1. The van der Waals surface area contributed by atoms with Crippen LogP contribution in [0.3, 0.4) is 0 Å². The third-order valence-electron chi connectivity index (χ3n) is 3.53. The maximum Gasteiger partial charge on any atom is 0.276 e. The zero-order chi connectivity index (χ0) is 18.0. The highest BCUT2D eigenvalue weighted by atomic mass is 32.2. The molecule has 1 amide bonds. The van der Waals surface area contributed by atoms with Crippen molar-refractivity contribution in [3.8, 4) is 0 Å². The number of nitro groups is 1. The van der Waals surface area contributed by atoms with Crippen molar-refractivity contribution in [1.29, 1.82) is 0 Å². The minimum absolute atomic E-state index is 0.0443. The summed E-state index contributed by atoms with van der Waals surface area (Å²) in [5.41, 5.74) is 1.03. The maximum absolute atomic E-state index is 12.8. The van der Waals surface area contributed by atoms with E-state index in [9.17, 15) is 14.9 Å². The van der Waals surface area contributed by atoms with Crippen LogP contribution in [0.25, 0.3) is 6.08 Å². The zero-order valence-electron chi connectivity index (χ0n) is 13.0. The van der Waals surface area contributed by atoms with Crippen molar-refractivity contribution in [3.05, 3.63) is 69.1 Å². The van der Waals surface area contributed by atoms with Crippen LogP contribution in [0.2, 0.25) is 0 Å². The summed E-state index contributed by atoms with van der Waals surface area (Å²) in [4.78, 5) is 26.3. The minimum Gasteiger partial charge on any atom is -0.268 e. The second kappa shape index (κ2) is 7.38. The Bertz CT molecular complexity index is 912. The van der Waals surface area contributed by atoms with E-state index in [2.05, 4.69) is 0 Å². The van der Waals surface area contributed by atoms with E-state index in [1.165, 1.54) is 17.0 Å². The number of nitro benzene ring substituents is 1. The van der Waals surface area contributed by atoms with Crippen molar-refractivity contribution in [1.82, 2.24) is 0 Å². The highest BCUT2D eigenvalue weighted by molar-refractivity contribution is 8.27. The van der Waals surface area contributed by atoms with Gasteiger partial charge in [-0.2, -0.15) is 0 Å². The molecule has 1 aliphatic rings. The number of anilines is 1. The van der Waals surface area contributed by atoms with Crippen LogP contribution in [0, 0.1) is 10.1 Å². The predicted molar refractivity (Wildman–Crippen MR) is 107 cm³/mol. The molecule has 2 aromatic carbocycles. The first-order valence-corrected chi connectivity index (χ1v) is 9.61. The first-order chi connectivity index (χ1) is 12.0. The smallest absolute Gasteiger partial charge is 0.268 e. The summed E-state index contributed by atoms with van der Waals surface area (Å²) in [7, 11) is 0. The van der Waals surface area contributed by atoms with Gasteiger partial charge in [-0.25, -0.2) is 0 Å². The lowest BCUT2D eigenvalue weighted by molar-refractivity contribution is -0.385. The Morgan fingerprint density at radius 3 is 2.72 bits per heavy atom. The molecule has 0 atom stereocenters. The standard InChI is InChI=1S/C17H12N2O3S3/c1-24-13-7-4-6-12(10-13)18-16(20)15(25-17(18)23)9-11-5-2-3-8-14(11)19(21)22/h2-10H,1H3/b15-9+. The molecule has 3 rings (SSSR count). The predicted octanol–water partition coefficient (Wildman–Crippen LogP) is 4.72. The summed E-state index contributed by atoms with van der Waals surface area (Å²) in [6.07, 6.45) is 3.48. The summed E-state index contributed by atoms with van der Waals surface area (Å²) in [6, 6.07) is 13.8. The molecule has 1 saturated heterocycles. The van der Waals surface area contributed by atoms with Crippen LogP contribution in [0.15, 0.2) is 58.3 Å². The van der Waals surface area contributed by atoms with E-state index in [0.717, 1.165) is 16.7 Å². The molecular weight excluding hydrogens is 376 g/mol. The molecule has 1 aliphatic heterocycles. The number of hydrogen-bond acceptors (Lipinski definition) is 6. The van der Waals surface area contributed by atoms with Crippen LogP contribution < -0.4 is 4.90 Å². The Balaban J connectivity index is 1.98. The molecular formula is C17H12N2O3S3. The molecule has 1 fully saturated rings. The van der Waals surface area contributed by atoms with Crippen molar-refractivity contribution < 1.29 is 9.72 Å². The van der Waals surface area contributed by atoms with Gasteiger partial charge < -0.3 is 0 Å². The fourth-order valence-corrected chi connectivity index (χ4v) is 4.10. The van der Waals surface area contributed by atoms with Crippen LogP contribution in [0.1, 0.15) is 5.56 Å². The largest absolute Gasteiger partial charge is 0.276 e. The number of hydrogen-bond donors (Lipinski definition) is 0. The van der Waals surface area contributed by atoms with E-state index in [-0.39, 0.29) is 11.6 Å². The number of rotatable bonds is 4. The minimum atomic E-state index is -0.464. The van der Waals surface area contributed by atoms with Gasteiger partial charge in [-0.1, -0.05) is 42.2 Å². The molecule has 0 saturated carbocycles. The van der Waals surface area contributed by atoms with Crippen molar-refractivity contribution in [2.45, 2.75) is 4.90 Å². The van der Waals surface area contributed by atoms with Gasteiger partial charge in [0.15, 0.2) is 4.32 Å². The third kappa shape index (κ3) is 3.60. The zero-order valence-corrected chi connectivity index (χ0v) is 15.5. The number of carbonyl (C=O) groups excluding carboxylic acids is 1. The Kier molecular flexibility index (Phi) is 5.22. The van der Waals surface area contributed by atoms with Crippen LogP contribution >= 0.6 is 35.7 Å². The topological polar surface area (TPSA) is 63.5 Å². The van der Waals surface area contributed by atoms with E-state index in [4.69, 9.17) is 12.2 Å². The van der Waals surface area contributed by atoms with Crippen molar-refractivity contribution in [3.63, 3.8) is 0 Å². The lowest BCUT2D eigenvalue weighted by atomic mass is 10.1. The molecule has 0 aliphatic carbocycles. The average molecular weight is 388 g/mol. The van der Waals surface area contributed by atoms with Gasteiger partial charge in [-0.15, -0.1) is 11.8 Å². The monoisotopic (exact) mass is 388 g/mol.